The van der Waals surface area contributed by atoms with Gasteiger partial charge in [0.15, 0.2) is 9.84 Å². The molecule has 1 aromatic heterocycles. The van der Waals surface area contributed by atoms with Crippen LogP contribution in [-0.4, -0.2) is 45.8 Å². The summed E-state index contributed by atoms with van der Waals surface area (Å²) in [4.78, 5) is 29.9. The molecule has 260 valence electrons. The molecule has 4 aromatic carbocycles. The summed E-state index contributed by atoms with van der Waals surface area (Å²) in [5, 5.41) is 7.33. The number of carbonyl (C=O) groups is 2. The van der Waals surface area contributed by atoms with E-state index in [-0.39, 0.29) is 16.7 Å². The Balaban J connectivity index is 1.39. The number of ether oxygens (including phenoxy) is 3. The van der Waals surface area contributed by atoms with Crippen molar-refractivity contribution in [2.24, 2.45) is 5.73 Å². The second-order valence-electron chi connectivity index (χ2n) is 12.9. The van der Waals surface area contributed by atoms with E-state index in [1.165, 1.54) is 20.3 Å². The minimum Gasteiger partial charge on any atom is -0.497 e. The molecule has 0 aliphatic heterocycles. The first-order valence-electron chi connectivity index (χ1n) is 15.7. The zero-order chi connectivity index (χ0) is 36.2. The second kappa shape index (κ2) is 14.5. The SMILES string of the molecule is COc1cc(Cc2cc(Oc3ccc(NC(=O)Nc4cc(C(C)(C)C)cc(CC(N)=O)c4OC)c4ccccc34)ccn2)cc(S(C)(=O)=O)c1. The highest BCUT2D eigenvalue weighted by Gasteiger charge is 2.22. The number of nitrogens with one attached hydrogen (secondary N) is 2. The van der Waals surface area contributed by atoms with Crippen LogP contribution in [0.15, 0.2) is 90.0 Å². The van der Waals surface area contributed by atoms with Crippen LogP contribution in [0.3, 0.4) is 0 Å². The van der Waals surface area contributed by atoms with Crippen molar-refractivity contribution in [1.82, 2.24) is 4.98 Å². The van der Waals surface area contributed by atoms with E-state index in [0.29, 0.717) is 52.1 Å². The summed E-state index contributed by atoms with van der Waals surface area (Å²) in [7, 11) is -0.474. The predicted octanol–water partition coefficient (Wildman–Crippen LogP) is 7.01. The molecule has 12 heteroatoms. The lowest BCUT2D eigenvalue weighted by atomic mass is 9.85. The highest BCUT2D eigenvalue weighted by atomic mass is 32.2. The van der Waals surface area contributed by atoms with Crippen LogP contribution in [-0.2, 0) is 32.9 Å². The molecule has 0 fully saturated rings. The number of amides is 3. The van der Waals surface area contributed by atoms with Crippen LogP contribution < -0.4 is 30.6 Å². The van der Waals surface area contributed by atoms with E-state index in [1.54, 1.807) is 42.6 Å². The molecule has 0 spiro atoms. The summed E-state index contributed by atoms with van der Waals surface area (Å²) in [5.74, 6) is 1.37. The van der Waals surface area contributed by atoms with E-state index in [4.69, 9.17) is 19.9 Å². The van der Waals surface area contributed by atoms with Crippen molar-refractivity contribution in [3.05, 3.63) is 107 Å². The van der Waals surface area contributed by atoms with Crippen LogP contribution in [0.1, 0.15) is 43.2 Å². The Hall–Kier alpha value is -5.62. The Morgan fingerprint density at radius 3 is 2.22 bits per heavy atom. The molecule has 5 aromatic rings. The molecule has 0 aliphatic rings. The average molecular weight is 697 g/mol. The van der Waals surface area contributed by atoms with E-state index >= 15 is 0 Å². The fourth-order valence-electron chi connectivity index (χ4n) is 5.54. The second-order valence-corrected chi connectivity index (χ2v) is 14.9. The highest BCUT2D eigenvalue weighted by molar-refractivity contribution is 7.90. The van der Waals surface area contributed by atoms with Crippen molar-refractivity contribution < 1.29 is 32.2 Å². The Kier molecular flexibility index (Phi) is 10.3. The Bertz CT molecular complexity index is 2190. The van der Waals surface area contributed by atoms with Gasteiger partial charge in [0.05, 0.1) is 36.9 Å². The summed E-state index contributed by atoms with van der Waals surface area (Å²) >= 11 is 0. The molecule has 0 atom stereocenters. The third kappa shape index (κ3) is 8.50. The van der Waals surface area contributed by atoms with Gasteiger partial charge in [-0.1, -0.05) is 51.1 Å². The van der Waals surface area contributed by atoms with Gasteiger partial charge < -0.3 is 30.6 Å². The molecule has 4 N–H and O–H groups in total. The maximum Gasteiger partial charge on any atom is 0.323 e. The van der Waals surface area contributed by atoms with Gasteiger partial charge in [-0.25, -0.2) is 13.2 Å². The van der Waals surface area contributed by atoms with Gasteiger partial charge in [0.1, 0.15) is 23.0 Å². The first-order valence-corrected chi connectivity index (χ1v) is 17.6. The lowest BCUT2D eigenvalue weighted by Crippen LogP contribution is -2.22. The number of urea groups is 1. The van der Waals surface area contributed by atoms with E-state index in [1.807, 2.05) is 57.2 Å². The molecule has 3 amide bonds. The predicted molar refractivity (Wildman–Crippen MR) is 194 cm³/mol. The average Bonchev–Trinajstić information content (AvgIpc) is 3.04. The molecular formula is C38H40N4O7S. The van der Waals surface area contributed by atoms with Crippen LogP contribution in [0.4, 0.5) is 16.2 Å². The van der Waals surface area contributed by atoms with Crippen molar-refractivity contribution >= 4 is 43.9 Å². The van der Waals surface area contributed by atoms with Crippen molar-refractivity contribution in [3.63, 3.8) is 0 Å². The standard InChI is InChI=1S/C38H40N4O7S/c1-38(2,3)25-18-24(19-35(39)43)36(48-5)33(20-25)42-37(44)41-32-11-12-34(31-10-8-7-9-30(31)32)49-27-13-14-40-26(21-27)15-23-16-28(47-4)22-29(17-23)50(6,45)46/h7-14,16-18,20-22H,15,19H2,1-6H3,(H2,39,43)(H2,41,42,44). The lowest BCUT2D eigenvalue weighted by Gasteiger charge is -2.23. The maximum absolute atomic E-state index is 13.4. The Morgan fingerprint density at radius 1 is 0.840 bits per heavy atom. The van der Waals surface area contributed by atoms with Gasteiger partial charge in [-0.2, -0.15) is 0 Å². The Morgan fingerprint density at radius 2 is 1.56 bits per heavy atom. The van der Waals surface area contributed by atoms with Gasteiger partial charge in [-0.3, -0.25) is 9.78 Å². The van der Waals surface area contributed by atoms with E-state index in [9.17, 15) is 18.0 Å². The first-order chi connectivity index (χ1) is 23.6. The number of methoxy groups -OCH3 is 2. The number of nitrogens with two attached hydrogens (primary N) is 1. The molecule has 0 aliphatic carbocycles. The summed E-state index contributed by atoms with van der Waals surface area (Å²) < 4.78 is 41.7. The minimum atomic E-state index is -3.44. The molecule has 0 bridgehead atoms. The van der Waals surface area contributed by atoms with E-state index in [2.05, 4.69) is 15.6 Å². The number of hydrogen-bond donors (Lipinski definition) is 3. The van der Waals surface area contributed by atoms with E-state index < -0.39 is 21.8 Å². The van der Waals surface area contributed by atoms with Crippen LogP contribution >= 0.6 is 0 Å². The number of carbonyl (C=O) groups excluding carboxylic acids is 2. The number of pyridine rings is 1. The number of anilines is 2. The van der Waals surface area contributed by atoms with Gasteiger partial charge >= 0.3 is 6.03 Å². The summed E-state index contributed by atoms with van der Waals surface area (Å²) in [5.41, 5.74) is 9.06. The third-order valence-electron chi connectivity index (χ3n) is 7.99. The molecule has 1 heterocycles. The summed E-state index contributed by atoms with van der Waals surface area (Å²) in [6, 6.07) is 22.6. The van der Waals surface area contributed by atoms with Crippen molar-refractivity contribution in [3.8, 4) is 23.0 Å². The van der Waals surface area contributed by atoms with Crippen molar-refractivity contribution in [2.45, 2.75) is 43.9 Å². The number of hydrogen-bond acceptors (Lipinski definition) is 8. The summed E-state index contributed by atoms with van der Waals surface area (Å²) in [6.07, 6.45) is 3.09. The monoisotopic (exact) mass is 696 g/mol. The molecule has 11 nitrogen and oxygen atoms in total. The fourth-order valence-corrected chi connectivity index (χ4v) is 6.23. The van der Waals surface area contributed by atoms with Gasteiger partial charge in [0, 0.05) is 47.0 Å². The number of nitrogens with zero attached hydrogens (tertiary/aromatic N) is 1. The van der Waals surface area contributed by atoms with Crippen molar-refractivity contribution in [2.75, 3.05) is 31.1 Å². The maximum atomic E-state index is 13.4. The lowest BCUT2D eigenvalue weighted by molar-refractivity contribution is -0.117. The third-order valence-corrected chi connectivity index (χ3v) is 9.08. The zero-order valence-corrected chi connectivity index (χ0v) is 29.6. The fraction of sp³-hybridized carbons (Fsp3) is 0.237. The number of sulfone groups is 1. The molecule has 0 saturated carbocycles. The first kappa shape index (κ1) is 35.7. The van der Waals surface area contributed by atoms with Crippen LogP contribution in [0.5, 0.6) is 23.0 Å². The minimum absolute atomic E-state index is 0.0421. The number of benzene rings is 4. The Labute approximate surface area is 291 Å². The molecule has 0 saturated heterocycles. The number of fused-ring (bicyclic) bond motifs is 1. The highest BCUT2D eigenvalue weighted by Crippen LogP contribution is 2.37. The normalized spacial score (nSPS) is 11.6. The summed E-state index contributed by atoms with van der Waals surface area (Å²) in [6.45, 7) is 6.10. The quantitative estimate of drug-likeness (QED) is 0.133. The zero-order valence-electron chi connectivity index (χ0n) is 28.8. The molecular weight excluding hydrogens is 657 g/mol. The number of rotatable bonds is 11. The molecule has 0 unspecified atom stereocenters. The van der Waals surface area contributed by atoms with Gasteiger partial charge in [0.25, 0.3) is 0 Å². The molecule has 0 radical (unpaired) electrons. The van der Waals surface area contributed by atoms with Crippen LogP contribution in [0.2, 0.25) is 0 Å². The van der Waals surface area contributed by atoms with Crippen molar-refractivity contribution in [1.29, 1.82) is 0 Å². The van der Waals surface area contributed by atoms with Gasteiger partial charge in [-0.05, 0) is 59.0 Å². The smallest absolute Gasteiger partial charge is 0.323 e. The number of primary amides is 1. The largest absolute Gasteiger partial charge is 0.497 e. The molecule has 50 heavy (non-hydrogen) atoms. The molecule has 5 rings (SSSR count). The van der Waals surface area contributed by atoms with E-state index in [0.717, 1.165) is 28.2 Å². The van der Waals surface area contributed by atoms with Gasteiger partial charge in [-0.15, -0.1) is 0 Å². The van der Waals surface area contributed by atoms with Crippen LogP contribution in [0.25, 0.3) is 10.8 Å². The topological polar surface area (TPSA) is 159 Å². The number of aromatic nitrogens is 1. The van der Waals surface area contributed by atoms with Gasteiger partial charge in [0.2, 0.25) is 5.91 Å². The van der Waals surface area contributed by atoms with Crippen LogP contribution in [0, 0.1) is 0 Å².